The summed E-state index contributed by atoms with van der Waals surface area (Å²) < 4.78 is 76.7. The molecule has 0 unspecified atom stereocenters. The molecule has 16 heavy (non-hydrogen) atoms. The summed E-state index contributed by atoms with van der Waals surface area (Å²) in [4.78, 5) is 11.0. The van der Waals surface area contributed by atoms with Crippen molar-refractivity contribution in [3.63, 3.8) is 0 Å². The number of carbonyl (C=O) groups is 1. The van der Waals surface area contributed by atoms with Gasteiger partial charge < -0.3 is 4.42 Å². The van der Waals surface area contributed by atoms with Gasteiger partial charge in [-0.25, -0.2) is 0 Å². The van der Waals surface area contributed by atoms with Crippen LogP contribution in [0, 0.1) is 5.92 Å². The van der Waals surface area contributed by atoms with Gasteiger partial charge in [0, 0.05) is 0 Å². The lowest BCUT2D eigenvalue weighted by Crippen LogP contribution is -2.42. The molecule has 8 heteroatoms. The number of Topliss-reactive ketones (excluding diaryl/α,β-unsaturated/α-hetero) is 1. The first kappa shape index (κ1) is 12.6. The van der Waals surface area contributed by atoms with Crippen molar-refractivity contribution in [2.45, 2.75) is 12.4 Å². The lowest BCUT2D eigenvalue weighted by Gasteiger charge is -2.20. The van der Waals surface area contributed by atoms with Crippen molar-refractivity contribution >= 4 is 5.78 Å². The summed E-state index contributed by atoms with van der Waals surface area (Å²) in [6.45, 7) is 0. The zero-order valence-electron chi connectivity index (χ0n) is 7.39. The molecule has 0 aliphatic carbocycles. The summed E-state index contributed by atoms with van der Waals surface area (Å²) >= 11 is 0. The first-order valence-electron chi connectivity index (χ1n) is 3.85. The lowest BCUT2D eigenvalue weighted by atomic mass is 10.0. The second-order valence-corrected chi connectivity index (χ2v) is 2.86. The molecule has 0 spiro atoms. The summed E-state index contributed by atoms with van der Waals surface area (Å²) in [5, 5.41) is 0. The van der Waals surface area contributed by atoms with Gasteiger partial charge in [-0.2, -0.15) is 26.3 Å². The fraction of sp³-hybridized carbons (Fsp3) is 0.375. The van der Waals surface area contributed by atoms with Gasteiger partial charge in [-0.3, -0.25) is 4.79 Å². The largest absolute Gasteiger partial charge is 0.461 e. The Morgan fingerprint density at radius 3 is 1.94 bits per heavy atom. The highest BCUT2D eigenvalue weighted by Gasteiger charge is 2.61. The Kier molecular flexibility index (Phi) is 3.02. The molecular weight excluding hydrogens is 242 g/mol. The van der Waals surface area contributed by atoms with Gasteiger partial charge >= 0.3 is 12.4 Å². The molecule has 0 fully saturated rings. The Balaban J connectivity index is 3.09. The predicted molar refractivity (Wildman–Crippen MR) is 38.6 cm³/mol. The minimum atomic E-state index is -5.69. The predicted octanol–water partition coefficient (Wildman–Crippen LogP) is 3.20. The van der Waals surface area contributed by atoms with E-state index in [4.69, 9.17) is 0 Å². The number of hydrogen-bond donors (Lipinski definition) is 0. The molecule has 90 valence electrons. The molecule has 0 bridgehead atoms. The summed E-state index contributed by atoms with van der Waals surface area (Å²) in [6.07, 6.45) is -10.6. The maximum absolute atomic E-state index is 12.1. The van der Waals surface area contributed by atoms with Gasteiger partial charge in [-0.05, 0) is 12.1 Å². The van der Waals surface area contributed by atoms with Crippen LogP contribution < -0.4 is 0 Å². The average Bonchev–Trinajstić information content (AvgIpc) is 2.48. The molecule has 0 atom stereocenters. The molecule has 0 amide bonds. The van der Waals surface area contributed by atoms with Crippen LogP contribution in [0.1, 0.15) is 10.6 Å². The second-order valence-electron chi connectivity index (χ2n) is 2.86. The molecule has 2 nitrogen and oxygen atoms in total. The van der Waals surface area contributed by atoms with E-state index in [1.54, 1.807) is 0 Å². The van der Waals surface area contributed by atoms with E-state index in [1.807, 2.05) is 0 Å². The molecule has 0 aromatic carbocycles. The SMILES string of the molecule is O=C(c1ccco1)C(C(F)(F)F)C(F)(F)F. The van der Waals surface area contributed by atoms with Crippen LogP contribution in [0.2, 0.25) is 0 Å². The standard InChI is InChI=1S/C8H4F6O2/c9-7(10,11)6(8(12,13)14)5(15)4-2-1-3-16-4/h1-3,6H. The molecule has 0 saturated carbocycles. The normalized spacial score (nSPS) is 13.2. The minimum absolute atomic E-state index is 0.743. The number of ketones is 1. The maximum Gasteiger partial charge on any atom is 0.407 e. The van der Waals surface area contributed by atoms with Crippen molar-refractivity contribution in [2.75, 3.05) is 0 Å². The monoisotopic (exact) mass is 246 g/mol. The van der Waals surface area contributed by atoms with Crippen LogP contribution >= 0.6 is 0 Å². The van der Waals surface area contributed by atoms with E-state index in [2.05, 4.69) is 4.42 Å². The summed E-state index contributed by atoms with van der Waals surface area (Å²) in [6, 6.07) is 1.77. The van der Waals surface area contributed by atoms with Gasteiger partial charge in [0.2, 0.25) is 11.7 Å². The fourth-order valence-electron chi connectivity index (χ4n) is 1.04. The summed E-state index contributed by atoms with van der Waals surface area (Å²) in [7, 11) is 0. The van der Waals surface area contributed by atoms with Crippen molar-refractivity contribution in [2.24, 2.45) is 5.92 Å². The van der Waals surface area contributed by atoms with Gasteiger partial charge in [0.1, 0.15) is 0 Å². The third kappa shape index (κ3) is 2.56. The molecule has 0 N–H and O–H groups in total. The molecule has 0 radical (unpaired) electrons. The van der Waals surface area contributed by atoms with Gasteiger partial charge in [-0.1, -0.05) is 0 Å². The quantitative estimate of drug-likeness (QED) is 0.592. The summed E-state index contributed by atoms with van der Waals surface area (Å²) in [5.74, 6) is -7.17. The molecule has 0 aliphatic heterocycles. The molecular formula is C8H4F6O2. The maximum atomic E-state index is 12.1. The lowest BCUT2D eigenvalue weighted by molar-refractivity contribution is -0.265. The van der Waals surface area contributed by atoms with Crippen molar-refractivity contribution in [3.05, 3.63) is 24.2 Å². The minimum Gasteiger partial charge on any atom is -0.461 e. The smallest absolute Gasteiger partial charge is 0.407 e. The first-order valence-corrected chi connectivity index (χ1v) is 3.85. The number of halogens is 6. The third-order valence-corrected chi connectivity index (χ3v) is 1.68. The van der Waals surface area contributed by atoms with E-state index < -0.39 is 29.8 Å². The van der Waals surface area contributed by atoms with E-state index in [0.717, 1.165) is 18.4 Å². The number of rotatable bonds is 2. The Bertz CT molecular complexity index is 347. The van der Waals surface area contributed by atoms with Crippen LogP contribution in [0.15, 0.2) is 22.8 Å². The van der Waals surface area contributed by atoms with Crippen molar-refractivity contribution in [3.8, 4) is 0 Å². The third-order valence-electron chi connectivity index (χ3n) is 1.68. The molecule has 0 saturated heterocycles. The Morgan fingerprint density at radius 2 is 1.62 bits per heavy atom. The van der Waals surface area contributed by atoms with E-state index in [-0.39, 0.29) is 0 Å². The van der Waals surface area contributed by atoms with Gasteiger partial charge in [0.05, 0.1) is 6.26 Å². The van der Waals surface area contributed by atoms with Gasteiger partial charge in [0.25, 0.3) is 0 Å². The van der Waals surface area contributed by atoms with E-state index >= 15 is 0 Å². The number of hydrogen-bond acceptors (Lipinski definition) is 2. The number of furan rings is 1. The van der Waals surface area contributed by atoms with E-state index in [9.17, 15) is 31.1 Å². The highest BCUT2D eigenvalue weighted by Crippen LogP contribution is 2.41. The van der Waals surface area contributed by atoms with E-state index in [1.165, 1.54) is 0 Å². The molecule has 1 heterocycles. The van der Waals surface area contributed by atoms with E-state index in [0.29, 0.717) is 0 Å². The Morgan fingerprint density at radius 1 is 1.12 bits per heavy atom. The topological polar surface area (TPSA) is 30.2 Å². The highest BCUT2D eigenvalue weighted by molar-refractivity contribution is 5.96. The Labute approximate surface area is 84.8 Å². The molecule has 1 rings (SSSR count). The summed E-state index contributed by atoms with van der Waals surface area (Å²) in [5.41, 5.74) is 0. The molecule has 0 aliphatic rings. The first-order chi connectivity index (χ1) is 7.14. The van der Waals surface area contributed by atoms with Gasteiger partial charge in [0.15, 0.2) is 5.76 Å². The van der Waals surface area contributed by atoms with Crippen LogP contribution in [-0.2, 0) is 0 Å². The van der Waals surface area contributed by atoms with Crippen LogP contribution in [-0.4, -0.2) is 18.1 Å². The zero-order chi connectivity index (χ0) is 12.6. The van der Waals surface area contributed by atoms with Crippen molar-refractivity contribution in [1.29, 1.82) is 0 Å². The van der Waals surface area contributed by atoms with Crippen LogP contribution in [0.25, 0.3) is 0 Å². The molecule has 1 aromatic rings. The highest BCUT2D eigenvalue weighted by atomic mass is 19.4. The molecule has 1 aromatic heterocycles. The van der Waals surface area contributed by atoms with Crippen molar-refractivity contribution < 1.29 is 35.6 Å². The number of alkyl halides is 6. The van der Waals surface area contributed by atoms with Crippen LogP contribution in [0.4, 0.5) is 26.3 Å². The second kappa shape index (κ2) is 3.84. The van der Waals surface area contributed by atoms with Crippen molar-refractivity contribution in [1.82, 2.24) is 0 Å². The zero-order valence-corrected chi connectivity index (χ0v) is 7.39. The van der Waals surface area contributed by atoms with Crippen LogP contribution in [0.3, 0.4) is 0 Å². The van der Waals surface area contributed by atoms with Crippen LogP contribution in [0.5, 0.6) is 0 Å². The number of carbonyl (C=O) groups excluding carboxylic acids is 1. The average molecular weight is 246 g/mol. The fourth-order valence-corrected chi connectivity index (χ4v) is 1.04. The Hall–Kier alpha value is -1.47. The van der Waals surface area contributed by atoms with Gasteiger partial charge in [-0.15, -0.1) is 0 Å².